The van der Waals surface area contributed by atoms with E-state index in [2.05, 4.69) is 62.2 Å². The molecule has 30 heavy (non-hydrogen) atoms. The molecule has 4 rings (SSSR count). The summed E-state index contributed by atoms with van der Waals surface area (Å²) in [6.45, 7) is 8.64. The Bertz CT molecular complexity index is 1170. The Labute approximate surface area is 181 Å². The second-order valence-corrected chi connectivity index (χ2v) is 9.71. The zero-order chi connectivity index (χ0) is 21.6. The van der Waals surface area contributed by atoms with Crippen molar-refractivity contribution < 1.29 is 4.74 Å². The molecule has 1 aromatic heterocycles. The third-order valence-electron chi connectivity index (χ3n) is 5.27. The first kappa shape index (κ1) is 20.1. The van der Waals surface area contributed by atoms with E-state index in [1.165, 1.54) is 5.56 Å². The first-order valence-electron chi connectivity index (χ1n) is 9.73. The maximum Gasteiger partial charge on any atom is 0.228 e. The molecular formula is C24H24N4OS. The van der Waals surface area contributed by atoms with E-state index in [4.69, 9.17) is 16.2 Å². The van der Waals surface area contributed by atoms with Crippen LogP contribution < -0.4 is 16.2 Å². The number of fused-ring (bicyclic) bond motifs is 2. The van der Waals surface area contributed by atoms with Crippen LogP contribution in [0, 0.1) is 18.3 Å². The molecule has 0 amide bonds. The van der Waals surface area contributed by atoms with Gasteiger partial charge < -0.3 is 16.2 Å². The monoisotopic (exact) mass is 416 g/mol. The van der Waals surface area contributed by atoms with Crippen LogP contribution in [0.2, 0.25) is 0 Å². The number of pyridine rings is 1. The Balaban J connectivity index is 1.84. The van der Waals surface area contributed by atoms with Crippen molar-refractivity contribution in [1.82, 2.24) is 4.98 Å². The number of nitriles is 1. The predicted molar refractivity (Wildman–Crippen MR) is 122 cm³/mol. The van der Waals surface area contributed by atoms with Crippen LogP contribution in [-0.2, 0) is 5.41 Å². The SMILES string of the molecule is Cc1ccc2c(c1)C(Sc1ccc(C(C)(C)C)cc1)c1c(nc(N)c(C#N)c1N)O2. The van der Waals surface area contributed by atoms with Crippen LogP contribution in [-0.4, -0.2) is 4.98 Å². The van der Waals surface area contributed by atoms with Gasteiger partial charge in [0.05, 0.1) is 16.5 Å². The van der Waals surface area contributed by atoms with Gasteiger partial charge in [0.2, 0.25) is 5.88 Å². The lowest BCUT2D eigenvalue weighted by Crippen LogP contribution is -2.15. The maximum absolute atomic E-state index is 9.53. The van der Waals surface area contributed by atoms with Crippen molar-refractivity contribution in [3.63, 3.8) is 0 Å². The predicted octanol–water partition coefficient (Wildman–Crippen LogP) is 5.71. The van der Waals surface area contributed by atoms with Crippen molar-refractivity contribution in [3.05, 3.63) is 70.3 Å². The second kappa shape index (κ2) is 7.26. The minimum atomic E-state index is -0.163. The van der Waals surface area contributed by atoms with E-state index in [-0.39, 0.29) is 22.0 Å². The highest BCUT2D eigenvalue weighted by Gasteiger charge is 2.33. The molecule has 0 spiro atoms. The maximum atomic E-state index is 9.53. The molecule has 1 aliphatic rings. The molecule has 3 aromatic rings. The molecule has 6 heteroatoms. The van der Waals surface area contributed by atoms with E-state index in [1.807, 2.05) is 19.1 Å². The average Bonchev–Trinajstić information content (AvgIpc) is 2.68. The van der Waals surface area contributed by atoms with Crippen LogP contribution in [0.4, 0.5) is 11.5 Å². The highest BCUT2D eigenvalue weighted by atomic mass is 32.2. The summed E-state index contributed by atoms with van der Waals surface area (Å²) in [7, 11) is 0. The molecule has 1 atom stereocenters. The number of rotatable bonds is 2. The highest BCUT2D eigenvalue weighted by molar-refractivity contribution is 7.99. The quantitative estimate of drug-likeness (QED) is 0.555. The van der Waals surface area contributed by atoms with Crippen molar-refractivity contribution in [1.29, 1.82) is 5.26 Å². The van der Waals surface area contributed by atoms with Crippen molar-refractivity contribution in [3.8, 4) is 17.7 Å². The fraction of sp³-hybridized carbons (Fsp3) is 0.250. The van der Waals surface area contributed by atoms with Crippen LogP contribution in [0.25, 0.3) is 0 Å². The molecule has 0 fully saturated rings. The Morgan fingerprint density at radius 1 is 1.10 bits per heavy atom. The van der Waals surface area contributed by atoms with Gasteiger partial charge in [-0.15, -0.1) is 11.8 Å². The van der Waals surface area contributed by atoms with E-state index >= 15 is 0 Å². The van der Waals surface area contributed by atoms with Gasteiger partial charge in [-0.05, 0) is 36.1 Å². The molecule has 5 nitrogen and oxygen atoms in total. The Hall–Kier alpha value is -3.17. The van der Waals surface area contributed by atoms with E-state index in [9.17, 15) is 5.26 Å². The summed E-state index contributed by atoms with van der Waals surface area (Å²) in [6, 6.07) is 16.7. The van der Waals surface area contributed by atoms with Gasteiger partial charge in [0.1, 0.15) is 23.2 Å². The lowest BCUT2D eigenvalue weighted by molar-refractivity contribution is 0.441. The summed E-state index contributed by atoms with van der Waals surface area (Å²) >= 11 is 1.67. The number of aryl methyl sites for hydroxylation is 1. The van der Waals surface area contributed by atoms with Crippen LogP contribution in [0.15, 0.2) is 47.4 Å². The number of thioether (sulfide) groups is 1. The first-order valence-corrected chi connectivity index (χ1v) is 10.6. The smallest absolute Gasteiger partial charge is 0.228 e. The lowest BCUT2D eigenvalue weighted by Gasteiger charge is -2.29. The van der Waals surface area contributed by atoms with Gasteiger partial charge in [0, 0.05) is 10.5 Å². The zero-order valence-corrected chi connectivity index (χ0v) is 18.3. The minimum absolute atomic E-state index is 0.0857. The molecule has 1 unspecified atom stereocenters. The molecular weight excluding hydrogens is 392 g/mol. The standard InChI is InChI=1S/C24H24N4OS/c1-13-5-10-18-16(11-13)21(30-15-8-6-14(7-9-15)24(2,3)4)19-20(26)17(12-25)22(27)28-23(19)29-18/h5-11,21H,1-4H3,(H4,26,27,28). The molecule has 4 N–H and O–H groups in total. The summed E-state index contributed by atoms with van der Waals surface area (Å²) in [6.07, 6.45) is 0. The number of benzene rings is 2. The van der Waals surface area contributed by atoms with Gasteiger partial charge in [-0.1, -0.05) is 50.6 Å². The number of nitrogens with zero attached hydrogens (tertiary/aromatic N) is 2. The molecule has 0 saturated carbocycles. The molecule has 1 aliphatic heterocycles. The molecule has 152 valence electrons. The zero-order valence-electron chi connectivity index (χ0n) is 17.5. The van der Waals surface area contributed by atoms with Crippen LogP contribution >= 0.6 is 11.8 Å². The highest BCUT2D eigenvalue weighted by Crippen LogP contribution is 2.54. The number of nitrogen functional groups attached to an aromatic ring is 2. The van der Waals surface area contributed by atoms with E-state index in [0.29, 0.717) is 17.1 Å². The number of ether oxygens (including phenoxy) is 1. The van der Waals surface area contributed by atoms with Crippen molar-refractivity contribution in [2.45, 2.75) is 43.3 Å². The third-order valence-corrected chi connectivity index (χ3v) is 6.54. The fourth-order valence-electron chi connectivity index (χ4n) is 3.58. The van der Waals surface area contributed by atoms with Gasteiger partial charge in [0.25, 0.3) is 0 Å². The molecule has 2 aromatic carbocycles. The summed E-state index contributed by atoms with van der Waals surface area (Å²) < 4.78 is 6.03. The van der Waals surface area contributed by atoms with Crippen molar-refractivity contribution >= 4 is 23.3 Å². The Morgan fingerprint density at radius 3 is 2.43 bits per heavy atom. The van der Waals surface area contributed by atoms with Crippen LogP contribution in [0.5, 0.6) is 11.6 Å². The molecule has 0 saturated heterocycles. The average molecular weight is 417 g/mol. The molecule has 0 bridgehead atoms. The van der Waals surface area contributed by atoms with Gasteiger partial charge >= 0.3 is 0 Å². The topological polar surface area (TPSA) is 98.0 Å². The van der Waals surface area contributed by atoms with Gasteiger partial charge in [0.15, 0.2) is 0 Å². The Morgan fingerprint density at radius 2 is 1.80 bits per heavy atom. The minimum Gasteiger partial charge on any atom is -0.438 e. The normalized spacial score (nSPS) is 15.0. The first-order chi connectivity index (χ1) is 14.2. The summed E-state index contributed by atoms with van der Waals surface area (Å²) in [5.74, 6) is 1.18. The summed E-state index contributed by atoms with van der Waals surface area (Å²) in [5.41, 5.74) is 17.1. The van der Waals surface area contributed by atoms with Gasteiger partial charge in [-0.3, -0.25) is 0 Å². The van der Waals surface area contributed by atoms with E-state index < -0.39 is 0 Å². The van der Waals surface area contributed by atoms with Gasteiger partial charge in [-0.25, -0.2) is 0 Å². The number of hydrogen-bond acceptors (Lipinski definition) is 6. The lowest BCUT2D eigenvalue weighted by atomic mass is 9.87. The molecule has 0 aliphatic carbocycles. The summed E-state index contributed by atoms with van der Waals surface area (Å²) in [5, 5.41) is 9.36. The molecule has 0 radical (unpaired) electrons. The number of nitrogens with two attached hydrogens (primary N) is 2. The van der Waals surface area contributed by atoms with Crippen molar-refractivity contribution in [2.24, 2.45) is 0 Å². The number of aromatic nitrogens is 1. The largest absolute Gasteiger partial charge is 0.438 e. The second-order valence-electron chi connectivity index (χ2n) is 8.53. The molecule has 2 heterocycles. The van der Waals surface area contributed by atoms with Crippen LogP contribution in [0.3, 0.4) is 0 Å². The van der Waals surface area contributed by atoms with Gasteiger partial charge in [-0.2, -0.15) is 10.2 Å². The number of anilines is 2. The Kier molecular flexibility index (Phi) is 4.87. The van der Waals surface area contributed by atoms with Crippen molar-refractivity contribution in [2.75, 3.05) is 11.5 Å². The van der Waals surface area contributed by atoms with E-state index in [1.54, 1.807) is 11.8 Å². The summed E-state index contributed by atoms with van der Waals surface area (Å²) in [4.78, 5) is 5.44. The van der Waals surface area contributed by atoms with Crippen LogP contribution in [0.1, 0.15) is 53.8 Å². The fourth-order valence-corrected chi connectivity index (χ4v) is 4.80. The van der Waals surface area contributed by atoms with E-state index in [0.717, 1.165) is 21.8 Å². The number of hydrogen-bond donors (Lipinski definition) is 2. The third kappa shape index (κ3) is 3.46.